The van der Waals surface area contributed by atoms with E-state index in [1.54, 1.807) is 0 Å². The van der Waals surface area contributed by atoms with Crippen LogP contribution in [0.2, 0.25) is 0 Å². The maximum absolute atomic E-state index is 6.33. The van der Waals surface area contributed by atoms with Gasteiger partial charge in [-0.1, -0.05) is 39.5 Å². The van der Waals surface area contributed by atoms with E-state index in [2.05, 4.69) is 13.8 Å². The molecule has 0 aromatic carbocycles. The van der Waals surface area contributed by atoms with Crippen LogP contribution in [0, 0.1) is 5.92 Å². The van der Waals surface area contributed by atoms with Gasteiger partial charge in [-0.25, -0.2) is 0 Å². The molecule has 1 rings (SSSR count). The van der Waals surface area contributed by atoms with Gasteiger partial charge in [-0.15, -0.1) is 0 Å². The number of hydrogen-bond acceptors (Lipinski definition) is 1. The molecule has 0 aromatic rings. The minimum Gasteiger partial charge on any atom is -0.325 e. The highest BCUT2D eigenvalue weighted by Crippen LogP contribution is 2.35. The molecule has 1 fully saturated rings. The van der Waals surface area contributed by atoms with Crippen LogP contribution >= 0.6 is 0 Å². The first-order chi connectivity index (χ1) is 6.16. The predicted molar refractivity (Wildman–Crippen MR) is 58.7 cm³/mol. The zero-order valence-electron chi connectivity index (χ0n) is 9.31. The molecule has 2 unspecified atom stereocenters. The first-order valence-electron chi connectivity index (χ1n) is 5.95. The van der Waals surface area contributed by atoms with Crippen molar-refractivity contribution in [2.75, 3.05) is 0 Å². The second-order valence-corrected chi connectivity index (χ2v) is 5.02. The van der Waals surface area contributed by atoms with Crippen molar-refractivity contribution in [2.24, 2.45) is 11.7 Å². The molecule has 1 aliphatic carbocycles. The molecular formula is C12H25N. The van der Waals surface area contributed by atoms with E-state index in [1.807, 2.05) is 0 Å². The summed E-state index contributed by atoms with van der Waals surface area (Å²) in [5.41, 5.74) is 6.55. The number of hydrogen-bond donors (Lipinski definition) is 1. The highest BCUT2D eigenvalue weighted by molar-refractivity contribution is 4.91. The molecule has 0 bridgehead atoms. The van der Waals surface area contributed by atoms with E-state index in [9.17, 15) is 0 Å². The van der Waals surface area contributed by atoms with Crippen LogP contribution in [0.4, 0.5) is 0 Å². The molecule has 1 aliphatic rings. The number of unbranched alkanes of at least 4 members (excludes halogenated alkanes) is 3. The second kappa shape index (κ2) is 4.99. The summed E-state index contributed by atoms with van der Waals surface area (Å²) in [5.74, 6) is 0.871. The molecule has 1 saturated carbocycles. The van der Waals surface area contributed by atoms with Crippen molar-refractivity contribution in [2.45, 2.75) is 70.8 Å². The number of rotatable bonds is 5. The summed E-state index contributed by atoms with van der Waals surface area (Å²) < 4.78 is 0. The lowest BCUT2D eigenvalue weighted by Gasteiger charge is -2.23. The van der Waals surface area contributed by atoms with Crippen LogP contribution in [0.5, 0.6) is 0 Å². The Balaban J connectivity index is 2.12. The van der Waals surface area contributed by atoms with Crippen molar-refractivity contribution in [3.05, 3.63) is 0 Å². The summed E-state index contributed by atoms with van der Waals surface area (Å²) in [5, 5.41) is 0. The first kappa shape index (κ1) is 11.0. The third kappa shape index (κ3) is 3.68. The summed E-state index contributed by atoms with van der Waals surface area (Å²) >= 11 is 0. The highest BCUT2D eigenvalue weighted by atomic mass is 14.8. The van der Waals surface area contributed by atoms with Crippen LogP contribution in [0.25, 0.3) is 0 Å². The van der Waals surface area contributed by atoms with Gasteiger partial charge in [0.25, 0.3) is 0 Å². The molecule has 0 spiro atoms. The third-order valence-electron chi connectivity index (χ3n) is 3.42. The van der Waals surface area contributed by atoms with Gasteiger partial charge in [0.2, 0.25) is 0 Å². The van der Waals surface area contributed by atoms with Crippen molar-refractivity contribution in [3.8, 4) is 0 Å². The molecule has 0 aromatic heterocycles. The van der Waals surface area contributed by atoms with Crippen LogP contribution < -0.4 is 5.73 Å². The average molecular weight is 183 g/mol. The van der Waals surface area contributed by atoms with Crippen molar-refractivity contribution in [1.29, 1.82) is 0 Å². The topological polar surface area (TPSA) is 26.0 Å². The van der Waals surface area contributed by atoms with Crippen LogP contribution in [-0.4, -0.2) is 5.54 Å². The summed E-state index contributed by atoms with van der Waals surface area (Å²) in [7, 11) is 0. The Hall–Kier alpha value is -0.0400. The normalized spacial score (nSPS) is 33.9. The largest absolute Gasteiger partial charge is 0.325 e. The molecule has 13 heavy (non-hydrogen) atoms. The molecule has 2 atom stereocenters. The van der Waals surface area contributed by atoms with Gasteiger partial charge in [0.15, 0.2) is 0 Å². The van der Waals surface area contributed by atoms with E-state index < -0.39 is 0 Å². The van der Waals surface area contributed by atoms with Crippen LogP contribution in [-0.2, 0) is 0 Å². The van der Waals surface area contributed by atoms with Crippen molar-refractivity contribution in [1.82, 2.24) is 0 Å². The minimum absolute atomic E-state index is 0.215. The standard InChI is InChI=1S/C12H25N/c1-3-4-5-6-8-12(13)9-7-11(2)10-12/h11H,3-10,13H2,1-2H3. The maximum Gasteiger partial charge on any atom is 0.0157 e. The van der Waals surface area contributed by atoms with Gasteiger partial charge < -0.3 is 5.73 Å². The van der Waals surface area contributed by atoms with Gasteiger partial charge in [-0.2, -0.15) is 0 Å². The van der Waals surface area contributed by atoms with Gasteiger partial charge in [0.05, 0.1) is 0 Å². The van der Waals surface area contributed by atoms with Crippen LogP contribution in [0.3, 0.4) is 0 Å². The fourth-order valence-electron chi connectivity index (χ4n) is 2.56. The Kier molecular flexibility index (Phi) is 4.24. The monoisotopic (exact) mass is 183 g/mol. The maximum atomic E-state index is 6.33. The van der Waals surface area contributed by atoms with E-state index in [-0.39, 0.29) is 5.54 Å². The molecule has 2 N–H and O–H groups in total. The van der Waals surface area contributed by atoms with Crippen LogP contribution in [0.15, 0.2) is 0 Å². The van der Waals surface area contributed by atoms with E-state index in [0.717, 1.165) is 5.92 Å². The van der Waals surface area contributed by atoms with E-state index in [1.165, 1.54) is 51.4 Å². The lowest BCUT2D eigenvalue weighted by Crippen LogP contribution is -2.36. The Bertz CT molecular complexity index is 144. The predicted octanol–water partition coefficient (Wildman–Crippen LogP) is 3.47. The molecule has 0 aliphatic heterocycles. The average Bonchev–Trinajstić information content (AvgIpc) is 2.41. The van der Waals surface area contributed by atoms with Crippen molar-refractivity contribution < 1.29 is 0 Å². The molecule has 0 saturated heterocycles. The second-order valence-electron chi connectivity index (χ2n) is 5.02. The highest BCUT2D eigenvalue weighted by Gasteiger charge is 2.32. The third-order valence-corrected chi connectivity index (χ3v) is 3.42. The summed E-state index contributed by atoms with van der Waals surface area (Å²) in [6.07, 6.45) is 10.6. The first-order valence-corrected chi connectivity index (χ1v) is 5.95. The summed E-state index contributed by atoms with van der Waals surface area (Å²) in [6, 6.07) is 0. The van der Waals surface area contributed by atoms with Crippen molar-refractivity contribution >= 4 is 0 Å². The molecule has 0 radical (unpaired) electrons. The molecule has 1 heteroatoms. The van der Waals surface area contributed by atoms with Gasteiger partial charge in [-0.3, -0.25) is 0 Å². The molecule has 1 nitrogen and oxygen atoms in total. The minimum atomic E-state index is 0.215. The Labute approximate surface area is 83.1 Å². The fraction of sp³-hybridized carbons (Fsp3) is 1.00. The van der Waals surface area contributed by atoms with Crippen LogP contribution in [0.1, 0.15) is 65.2 Å². The van der Waals surface area contributed by atoms with E-state index in [4.69, 9.17) is 5.73 Å². The molecule has 0 amide bonds. The quantitative estimate of drug-likeness (QED) is 0.649. The Morgan fingerprint density at radius 1 is 1.31 bits per heavy atom. The molecule has 78 valence electrons. The van der Waals surface area contributed by atoms with Gasteiger partial charge >= 0.3 is 0 Å². The fourth-order valence-corrected chi connectivity index (χ4v) is 2.56. The van der Waals surface area contributed by atoms with Gasteiger partial charge in [-0.05, 0) is 31.6 Å². The van der Waals surface area contributed by atoms with Gasteiger partial charge in [0.1, 0.15) is 0 Å². The van der Waals surface area contributed by atoms with E-state index in [0.29, 0.717) is 0 Å². The van der Waals surface area contributed by atoms with E-state index >= 15 is 0 Å². The lowest BCUT2D eigenvalue weighted by atomic mass is 9.90. The van der Waals surface area contributed by atoms with Gasteiger partial charge in [0, 0.05) is 5.54 Å². The molecule has 0 heterocycles. The SMILES string of the molecule is CCCCCCC1(N)CCC(C)C1. The smallest absolute Gasteiger partial charge is 0.0157 e. The molecular weight excluding hydrogens is 158 g/mol. The Morgan fingerprint density at radius 2 is 2.08 bits per heavy atom. The Morgan fingerprint density at radius 3 is 2.62 bits per heavy atom. The summed E-state index contributed by atoms with van der Waals surface area (Å²) in [6.45, 7) is 4.59. The lowest BCUT2D eigenvalue weighted by molar-refractivity contribution is 0.373. The summed E-state index contributed by atoms with van der Waals surface area (Å²) in [4.78, 5) is 0. The van der Waals surface area contributed by atoms with Crippen molar-refractivity contribution in [3.63, 3.8) is 0 Å². The number of nitrogens with two attached hydrogens (primary N) is 1. The zero-order chi connectivity index (χ0) is 9.73. The zero-order valence-corrected chi connectivity index (χ0v) is 9.31.